The highest BCUT2D eigenvalue weighted by atomic mass is 79.9. The molecule has 10 heavy (non-hydrogen) atoms. The number of nitrogens with two attached hydrogens (primary N) is 1. The summed E-state index contributed by atoms with van der Waals surface area (Å²) in [6.07, 6.45) is 1.17. The molecule has 1 aromatic heterocycles. The summed E-state index contributed by atoms with van der Waals surface area (Å²) in [6, 6.07) is 2.60. The van der Waals surface area contributed by atoms with E-state index in [1.54, 1.807) is 11.3 Å². The zero-order chi connectivity index (χ0) is 7.14. The summed E-state index contributed by atoms with van der Waals surface area (Å²) in [5, 5.41) is 2.11. The standard InChI is InChI=1S/C7H8BrNS/c8-4-1-7(10-3-4)5-2-6(5)9/h1,3,5-6H,2,9H2. The van der Waals surface area contributed by atoms with Crippen LogP contribution in [0.2, 0.25) is 0 Å². The van der Waals surface area contributed by atoms with Gasteiger partial charge >= 0.3 is 0 Å². The highest BCUT2D eigenvalue weighted by molar-refractivity contribution is 9.10. The molecule has 1 heterocycles. The Labute approximate surface area is 72.4 Å². The molecule has 0 saturated heterocycles. The van der Waals surface area contributed by atoms with Gasteiger partial charge in [-0.05, 0) is 28.4 Å². The Bertz CT molecular complexity index is 246. The average molecular weight is 218 g/mol. The van der Waals surface area contributed by atoms with Crippen molar-refractivity contribution in [3.63, 3.8) is 0 Å². The Hall–Kier alpha value is 0.140. The van der Waals surface area contributed by atoms with Gasteiger partial charge in [0.05, 0.1) is 0 Å². The van der Waals surface area contributed by atoms with Crippen LogP contribution in [0.25, 0.3) is 0 Å². The van der Waals surface area contributed by atoms with Crippen molar-refractivity contribution < 1.29 is 0 Å². The maximum Gasteiger partial charge on any atom is 0.0285 e. The molecule has 1 nitrogen and oxygen atoms in total. The van der Waals surface area contributed by atoms with Crippen molar-refractivity contribution in [2.24, 2.45) is 5.73 Å². The molecule has 0 radical (unpaired) electrons. The summed E-state index contributed by atoms with van der Waals surface area (Å²) < 4.78 is 1.19. The molecule has 1 aromatic rings. The number of thiophene rings is 1. The van der Waals surface area contributed by atoms with Gasteiger partial charge in [0.1, 0.15) is 0 Å². The Morgan fingerprint density at radius 2 is 2.40 bits per heavy atom. The van der Waals surface area contributed by atoms with E-state index in [0.717, 1.165) is 0 Å². The lowest BCUT2D eigenvalue weighted by atomic mass is 10.3. The molecule has 2 unspecified atom stereocenters. The van der Waals surface area contributed by atoms with Crippen LogP contribution in [0.15, 0.2) is 15.9 Å². The van der Waals surface area contributed by atoms with E-state index >= 15 is 0 Å². The SMILES string of the molecule is NC1CC1c1cc(Br)cs1. The van der Waals surface area contributed by atoms with E-state index < -0.39 is 0 Å². The molecule has 0 aromatic carbocycles. The van der Waals surface area contributed by atoms with E-state index in [1.807, 2.05) is 0 Å². The zero-order valence-corrected chi connectivity index (χ0v) is 7.78. The summed E-state index contributed by atoms with van der Waals surface area (Å²) in [6.45, 7) is 0. The fourth-order valence-corrected chi connectivity index (χ4v) is 2.70. The summed E-state index contributed by atoms with van der Waals surface area (Å²) in [4.78, 5) is 1.43. The Morgan fingerprint density at radius 1 is 1.70 bits per heavy atom. The maximum atomic E-state index is 5.70. The Morgan fingerprint density at radius 3 is 2.80 bits per heavy atom. The summed E-state index contributed by atoms with van der Waals surface area (Å²) in [5.74, 6) is 0.663. The van der Waals surface area contributed by atoms with Crippen molar-refractivity contribution in [3.05, 3.63) is 20.8 Å². The second kappa shape index (κ2) is 2.32. The topological polar surface area (TPSA) is 26.0 Å². The van der Waals surface area contributed by atoms with Crippen molar-refractivity contribution in [2.45, 2.75) is 18.4 Å². The summed E-state index contributed by atoms with van der Waals surface area (Å²) >= 11 is 5.21. The highest BCUT2D eigenvalue weighted by Crippen LogP contribution is 2.42. The molecule has 2 atom stereocenters. The fraction of sp³-hybridized carbons (Fsp3) is 0.429. The smallest absolute Gasteiger partial charge is 0.0285 e. The van der Waals surface area contributed by atoms with E-state index in [0.29, 0.717) is 12.0 Å². The maximum absolute atomic E-state index is 5.70. The predicted octanol–water partition coefficient (Wildman–Crippen LogP) is 2.33. The molecular weight excluding hydrogens is 210 g/mol. The van der Waals surface area contributed by atoms with Crippen molar-refractivity contribution in [2.75, 3.05) is 0 Å². The minimum atomic E-state index is 0.436. The van der Waals surface area contributed by atoms with Crippen LogP contribution in [0.5, 0.6) is 0 Å². The first-order chi connectivity index (χ1) is 4.77. The largest absolute Gasteiger partial charge is 0.327 e. The van der Waals surface area contributed by atoms with E-state index in [4.69, 9.17) is 5.73 Å². The summed E-state index contributed by atoms with van der Waals surface area (Å²) in [5.41, 5.74) is 5.70. The third-order valence-electron chi connectivity index (χ3n) is 1.79. The summed E-state index contributed by atoms with van der Waals surface area (Å²) in [7, 11) is 0. The molecular formula is C7H8BrNS. The van der Waals surface area contributed by atoms with Gasteiger partial charge in [-0.1, -0.05) is 0 Å². The normalized spacial score (nSPS) is 30.6. The van der Waals surface area contributed by atoms with Gasteiger partial charge < -0.3 is 5.73 Å². The van der Waals surface area contributed by atoms with Crippen molar-refractivity contribution in [1.82, 2.24) is 0 Å². The number of rotatable bonds is 1. The molecule has 2 rings (SSSR count). The molecule has 0 amide bonds. The van der Waals surface area contributed by atoms with Crippen LogP contribution in [0.1, 0.15) is 17.2 Å². The van der Waals surface area contributed by atoms with Crippen molar-refractivity contribution in [3.8, 4) is 0 Å². The first-order valence-corrected chi connectivity index (χ1v) is 4.94. The zero-order valence-electron chi connectivity index (χ0n) is 5.38. The van der Waals surface area contributed by atoms with Gasteiger partial charge in [-0.3, -0.25) is 0 Å². The van der Waals surface area contributed by atoms with Gasteiger partial charge in [0.15, 0.2) is 0 Å². The third kappa shape index (κ3) is 1.13. The first-order valence-electron chi connectivity index (χ1n) is 3.27. The van der Waals surface area contributed by atoms with Crippen LogP contribution in [0.3, 0.4) is 0 Å². The quantitative estimate of drug-likeness (QED) is 0.769. The molecule has 1 aliphatic rings. The Kier molecular flexibility index (Phi) is 1.59. The van der Waals surface area contributed by atoms with Crippen LogP contribution in [0.4, 0.5) is 0 Å². The molecule has 0 bridgehead atoms. The molecule has 0 spiro atoms. The van der Waals surface area contributed by atoms with Crippen molar-refractivity contribution >= 4 is 27.3 Å². The minimum absolute atomic E-state index is 0.436. The fourth-order valence-electron chi connectivity index (χ4n) is 1.06. The van der Waals surface area contributed by atoms with Crippen LogP contribution in [-0.2, 0) is 0 Å². The second-order valence-electron chi connectivity index (χ2n) is 2.67. The van der Waals surface area contributed by atoms with Gasteiger partial charge in [-0.25, -0.2) is 0 Å². The first kappa shape index (κ1) is 6.83. The van der Waals surface area contributed by atoms with Crippen LogP contribution in [-0.4, -0.2) is 6.04 Å². The molecule has 3 heteroatoms. The number of hydrogen-bond acceptors (Lipinski definition) is 2. The van der Waals surface area contributed by atoms with Crippen LogP contribution in [0, 0.1) is 0 Å². The third-order valence-corrected chi connectivity index (χ3v) is 3.62. The van der Waals surface area contributed by atoms with Gasteiger partial charge in [0.25, 0.3) is 0 Å². The van der Waals surface area contributed by atoms with Crippen LogP contribution < -0.4 is 5.73 Å². The molecule has 54 valence electrons. The number of hydrogen-bond donors (Lipinski definition) is 1. The number of halogens is 1. The van der Waals surface area contributed by atoms with E-state index in [1.165, 1.54) is 15.8 Å². The van der Waals surface area contributed by atoms with Gasteiger partial charge in [-0.2, -0.15) is 0 Å². The second-order valence-corrected chi connectivity index (χ2v) is 4.53. The average Bonchev–Trinajstić information content (AvgIpc) is 2.42. The van der Waals surface area contributed by atoms with Gasteiger partial charge in [0, 0.05) is 26.7 Å². The Balaban J connectivity index is 2.20. The lowest BCUT2D eigenvalue weighted by molar-refractivity contribution is 1.01. The van der Waals surface area contributed by atoms with Crippen LogP contribution >= 0.6 is 27.3 Å². The van der Waals surface area contributed by atoms with Crippen molar-refractivity contribution in [1.29, 1.82) is 0 Å². The lowest BCUT2D eigenvalue weighted by Crippen LogP contribution is -1.99. The van der Waals surface area contributed by atoms with E-state index in [2.05, 4.69) is 27.4 Å². The molecule has 1 fully saturated rings. The minimum Gasteiger partial charge on any atom is -0.327 e. The van der Waals surface area contributed by atoms with Gasteiger partial charge in [0.2, 0.25) is 0 Å². The molecule has 2 N–H and O–H groups in total. The monoisotopic (exact) mass is 217 g/mol. The van der Waals surface area contributed by atoms with E-state index in [-0.39, 0.29) is 0 Å². The van der Waals surface area contributed by atoms with Gasteiger partial charge in [-0.15, -0.1) is 11.3 Å². The highest BCUT2D eigenvalue weighted by Gasteiger charge is 2.35. The molecule has 1 aliphatic carbocycles. The molecule has 1 saturated carbocycles. The lowest BCUT2D eigenvalue weighted by Gasteiger charge is -1.86. The predicted molar refractivity (Wildman–Crippen MR) is 47.4 cm³/mol. The molecule has 0 aliphatic heterocycles. The van der Waals surface area contributed by atoms with E-state index in [9.17, 15) is 0 Å².